The standard InChI is InChI=1S/C11H22N2/c12-11(9-4-1-2-5-9)10-6-3-7-13-8-10/h9-11,13H,1-8,12H2. The lowest BCUT2D eigenvalue weighted by molar-refractivity contribution is 0.259. The summed E-state index contributed by atoms with van der Waals surface area (Å²) < 4.78 is 0. The van der Waals surface area contributed by atoms with E-state index in [0.29, 0.717) is 6.04 Å². The molecule has 0 aromatic carbocycles. The maximum atomic E-state index is 6.31. The third kappa shape index (κ3) is 2.23. The number of hydrogen-bond donors (Lipinski definition) is 2. The van der Waals surface area contributed by atoms with E-state index in [1.807, 2.05) is 0 Å². The van der Waals surface area contributed by atoms with Crippen LogP contribution in [0.5, 0.6) is 0 Å². The number of rotatable bonds is 2. The molecule has 2 atom stereocenters. The van der Waals surface area contributed by atoms with Crippen LogP contribution in [0.4, 0.5) is 0 Å². The summed E-state index contributed by atoms with van der Waals surface area (Å²) in [5.41, 5.74) is 6.31. The molecule has 2 fully saturated rings. The van der Waals surface area contributed by atoms with Crippen molar-refractivity contribution in [3.63, 3.8) is 0 Å². The molecule has 76 valence electrons. The molecule has 2 unspecified atom stereocenters. The van der Waals surface area contributed by atoms with Crippen LogP contribution in [0.25, 0.3) is 0 Å². The lowest BCUT2D eigenvalue weighted by Gasteiger charge is -2.31. The molecule has 0 aromatic rings. The van der Waals surface area contributed by atoms with Crippen LogP contribution in [0.3, 0.4) is 0 Å². The minimum absolute atomic E-state index is 0.482. The number of nitrogens with two attached hydrogens (primary N) is 1. The van der Waals surface area contributed by atoms with Crippen molar-refractivity contribution in [1.82, 2.24) is 5.32 Å². The van der Waals surface area contributed by atoms with E-state index in [0.717, 1.165) is 18.4 Å². The molecule has 2 nitrogen and oxygen atoms in total. The predicted molar refractivity (Wildman–Crippen MR) is 55.5 cm³/mol. The second kappa shape index (κ2) is 4.43. The van der Waals surface area contributed by atoms with Gasteiger partial charge in [-0.3, -0.25) is 0 Å². The minimum Gasteiger partial charge on any atom is -0.327 e. The Balaban J connectivity index is 1.83. The zero-order valence-electron chi connectivity index (χ0n) is 8.47. The molecular weight excluding hydrogens is 160 g/mol. The Kier molecular flexibility index (Phi) is 3.23. The molecule has 1 aliphatic heterocycles. The summed E-state index contributed by atoms with van der Waals surface area (Å²) >= 11 is 0. The van der Waals surface area contributed by atoms with E-state index in [1.54, 1.807) is 0 Å². The average molecular weight is 182 g/mol. The van der Waals surface area contributed by atoms with E-state index < -0.39 is 0 Å². The smallest absolute Gasteiger partial charge is 0.0108 e. The Hall–Kier alpha value is -0.0800. The number of piperidine rings is 1. The van der Waals surface area contributed by atoms with Gasteiger partial charge in [0.1, 0.15) is 0 Å². The summed E-state index contributed by atoms with van der Waals surface area (Å²) in [4.78, 5) is 0. The van der Waals surface area contributed by atoms with Crippen LogP contribution in [0.15, 0.2) is 0 Å². The van der Waals surface area contributed by atoms with Crippen LogP contribution in [0.1, 0.15) is 38.5 Å². The van der Waals surface area contributed by atoms with Crippen molar-refractivity contribution >= 4 is 0 Å². The van der Waals surface area contributed by atoms with Gasteiger partial charge >= 0.3 is 0 Å². The van der Waals surface area contributed by atoms with Crippen LogP contribution in [0.2, 0.25) is 0 Å². The first-order valence-electron chi connectivity index (χ1n) is 5.84. The fourth-order valence-corrected chi connectivity index (χ4v) is 2.93. The summed E-state index contributed by atoms with van der Waals surface area (Å²) in [5, 5.41) is 3.46. The number of hydrogen-bond acceptors (Lipinski definition) is 2. The van der Waals surface area contributed by atoms with E-state index in [-0.39, 0.29) is 0 Å². The summed E-state index contributed by atoms with van der Waals surface area (Å²) in [6.45, 7) is 2.37. The highest BCUT2D eigenvalue weighted by atomic mass is 14.9. The van der Waals surface area contributed by atoms with Crippen LogP contribution in [-0.2, 0) is 0 Å². The fraction of sp³-hybridized carbons (Fsp3) is 1.00. The van der Waals surface area contributed by atoms with Gasteiger partial charge in [-0.15, -0.1) is 0 Å². The van der Waals surface area contributed by atoms with Crippen LogP contribution >= 0.6 is 0 Å². The zero-order chi connectivity index (χ0) is 9.10. The van der Waals surface area contributed by atoms with E-state index in [1.165, 1.54) is 45.1 Å². The number of nitrogens with one attached hydrogen (secondary N) is 1. The molecule has 0 spiro atoms. The summed E-state index contributed by atoms with van der Waals surface area (Å²) in [6.07, 6.45) is 8.28. The van der Waals surface area contributed by atoms with Gasteiger partial charge in [-0.05, 0) is 50.6 Å². The molecule has 1 aliphatic carbocycles. The maximum Gasteiger partial charge on any atom is 0.0108 e. The monoisotopic (exact) mass is 182 g/mol. The van der Waals surface area contributed by atoms with Gasteiger partial charge in [-0.1, -0.05) is 12.8 Å². The van der Waals surface area contributed by atoms with Gasteiger partial charge in [-0.25, -0.2) is 0 Å². The summed E-state index contributed by atoms with van der Waals surface area (Å²) in [5.74, 6) is 1.60. The predicted octanol–water partition coefficient (Wildman–Crippen LogP) is 1.50. The second-order valence-corrected chi connectivity index (χ2v) is 4.73. The highest BCUT2D eigenvalue weighted by Crippen LogP contribution is 2.31. The molecule has 1 saturated carbocycles. The second-order valence-electron chi connectivity index (χ2n) is 4.73. The molecule has 3 N–H and O–H groups in total. The third-order valence-electron chi connectivity index (χ3n) is 3.82. The van der Waals surface area contributed by atoms with Crippen molar-refractivity contribution in [2.75, 3.05) is 13.1 Å². The lowest BCUT2D eigenvalue weighted by atomic mass is 9.83. The molecule has 0 aromatic heterocycles. The first kappa shape index (κ1) is 9.47. The summed E-state index contributed by atoms with van der Waals surface area (Å²) in [6, 6.07) is 0.482. The first-order valence-corrected chi connectivity index (χ1v) is 5.84. The Labute approximate surface area is 81.3 Å². The van der Waals surface area contributed by atoms with Crippen molar-refractivity contribution in [1.29, 1.82) is 0 Å². The van der Waals surface area contributed by atoms with Crippen molar-refractivity contribution < 1.29 is 0 Å². The normalized spacial score (nSPS) is 33.5. The molecular formula is C11H22N2. The van der Waals surface area contributed by atoms with E-state index in [2.05, 4.69) is 5.32 Å². The topological polar surface area (TPSA) is 38.0 Å². The van der Waals surface area contributed by atoms with E-state index >= 15 is 0 Å². The van der Waals surface area contributed by atoms with Gasteiger partial charge in [-0.2, -0.15) is 0 Å². The molecule has 2 rings (SSSR count). The van der Waals surface area contributed by atoms with Crippen LogP contribution in [0, 0.1) is 11.8 Å². The highest BCUT2D eigenvalue weighted by molar-refractivity contribution is 4.86. The molecule has 1 heterocycles. The maximum absolute atomic E-state index is 6.31. The van der Waals surface area contributed by atoms with Crippen LogP contribution < -0.4 is 11.1 Å². The summed E-state index contributed by atoms with van der Waals surface area (Å²) in [7, 11) is 0. The van der Waals surface area contributed by atoms with Gasteiger partial charge in [0.25, 0.3) is 0 Å². The van der Waals surface area contributed by atoms with Crippen molar-refractivity contribution in [3.8, 4) is 0 Å². The lowest BCUT2D eigenvalue weighted by Crippen LogP contribution is -2.44. The Morgan fingerprint density at radius 3 is 2.31 bits per heavy atom. The largest absolute Gasteiger partial charge is 0.327 e. The van der Waals surface area contributed by atoms with Crippen molar-refractivity contribution in [2.45, 2.75) is 44.6 Å². The van der Waals surface area contributed by atoms with Crippen LogP contribution in [-0.4, -0.2) is 19.1 Å². The fourth-order valence-electron chi connectivity index (χ4n) is 2.93. The minimum atomic E-state index is 0.482. The molecule has 1 saturated heterocycles. The Bertz CT molecular complexity index is 146. The van der Waals surface area contributed by atoms with E-state index in [9.17, 15) is 0 Å². The van der Waals surface area contributed by atoms with Gasteiger partial charge in [0, 0.05) is 6.04 Å². The van der Waals surface area contributed by atoms with Gasteiger partial charge in [0.05, 0.1) is 0 Å². The van der Waals surface area contributed by atoms with Gasteiger partial charge in [0.15, 0.2) is 0 Å². The quantitative estimate of drug-likeness (QED) is 0.679. The molecule has 0 radical (unpaired) electrons. The highest BCUT2D eigenvalue weighted by Gasteiger charge is 2.29. The Morgan fingerprint density at radius 2 is 1.69 bits per heavy atom. The van der Waals surface area contributed by atoms with E-state index in [4.69, 9.17) is 5.73 Å². The first-order chi connectivity index (χ1) is 6.38. The van der Waals surface area contributed by atoms with Gasteiger partial charge < -0.3 is 11.1 Å². The molecule has 13 heavy (non-hydrogen) atoms. The zero-order valence-corrected chi connectivity index (χ0v) is 8.47. The van der Waals surface area contributed by atoms with Crippen molar-refractivity contribution in [3.05, 3.63) is 0 Å². The van der Waals surface area contributed by atoms with Gasteiger partial charge in [0.2, 0.25) is 0 Å². The average Bonchev–Trinajstić information content (AvgIpc) is 2.71. The molecule has 2 heteroatoms. The molecule has 2 aliphatic rings. The third-order valence-corrected chi connectivity index (χ3v) is 3.82. The molecule has 0 bridgehead atoms. The Morgan fingerprint density at radius 1 is 1.00 bits per heavy atom. The molecule has 0 amide bonds. The SMILES string of the molecule is NC(C1CCCC1)C1CCCNC1. The van der Waals surface area contributed by atoms with Crippen molar-refractivity contribution in [2.24, 2.45) is 17.6 Å².